The molecule has 1 aromatic carbocycles. The zero-order valence-electron chi connectivity index (χ0n) is 9.54. The molecule has 0 saturated heterocycles. The van der Waals surface area contributed by atoms with Crippen LogP contribution in [0.15, 0.2) is 24.3 Å². The van der Waals surface area contributed by atoms with Crippen LogP contribution in [0, 0.1) is 13.8 Å². The molecule has 0 saturated carbocycles. The van der Waals surface area contributed by atoms with Crippen LogP contribution in [-0.4, -0.2) is 16.1 Å². The monoisotopic (exact) mass is 249 g/mol. The van der Waals surface area contributed by atoms with Crippen molar-refractivity contribution in [2.24, 2.45) is 0 Å². The molecule has 2 aromatic rings. The molecule has 5 heteroatoms. The van der Waals surface area contributed by atoms with Gasteiger partial charge in [0.25, 0.3) is 5.91 Å². The number of aromatic amines is 1. The number of amides is 1. The van der Waals surface area contributed by atoms with Gasteiger partial charge in [-0.15, -0.1) is 0 Å². The van der Waals surface area contributed by atoms with Crippen molar-refractivity contribution in [1.29, 1.82) is 0 Å². The molecule has 1 heterocycles. The van der Waals surface area contributed by atoms with E-state index in [1.165, 1.54) is 0 Å². The summed E-state index contributed by atoms with van der Waals surface area (Å²) in [6.07, 6.45) is 0. The minimum Gasteiger partial charge on any atom is -0.305 e. The number of carbonyl (C=O) groups is 1. The molecule has 0 aliphatic carbocycles. The van der Waals surface area contributed by atoms with E-state index in [9.17, 15) is 4.79 Å². The zero-order chi connectivity index (χ0) is 12.4. The first-order valence-corrected chi connectivity index (χ1v) is 5.54. The van der Waals surface area contributed by atoms with Crippen molar-refractivity contribution in [3.05, 3.63) is 46.1 Å². The molecular weight excluding hydrogens is 238 g/mol. The van der Waals surface area contributed by atoms with Gasteiger partial charge in [-0.25, -0.2) is 0 Å². The maximum atomic E-state index is 11.9. The van der Waals surface area contributed by atoms with Gasteiger partial charge >= 0.3 is 0 Å². The molecule has 2 N–H and O–H groups in total. The average molecular weight is 250 g/mol. The van der Waals surface area contributed by atoms with Gasteiger partial charge in [0.1, 0.15) is 0 Å². The standard InChI is InChI=1S/C12H12ClN3O/c1-7-8(2)15-16-11(7)14-12(17)9-4-3-5-10(13)6-9/h3-6H,1-2H3,(H2,14,15,16,17). The summed E-state index contributed by atoms with van der Waals surface area (Å²) in [6, 6.07) is 6.78. The van der Waals surface area contributed by atoms with Crippen molar-refractivity contribution in [2.75, 3.05) is 5.32 Å². The number of anilines is 1. The summed E-state index contributed by atoms with van der Waals surface area (Å²) in [6.45, 7) is 3.80. The summed E-state index contributed by atoms with van der Waals surface area (Å²) >= 11 is 5.83. The Bertz CT molecular complexity index is 563. The van der Waals surface area contributed by atoms with Gasteiger partial charge in [0.2, 0.25) is 0 Å². The van der Waals surface area contributed by atoms with E-state index in [1.54, 1.807) is 24.3 Å². The van der Waals surface area contributed by atoms with Gasteiger partial charge in [0.15, 0.2) is 5.82 Å². The highest BCUT2D eigenvalue weighted by Crippen LogP contribution is 2.16. The molecule has 88 valence electrons. The zero-order valence-corrected chi connectivity index (χ0v) is 10.3. The van der Waals surface area contributed by atoms with Gasteiger partial charge in [0.05, 0.1) is 0 Å². The van der Waals surface area contributed by atoms with Crippen molar-refractivity contribution >= 4 is 23.3 Å². The van der Waals surface area contributed by atoms with Gasteiger partial charge in [-0.2, -0.15) is 5.10 Å². The number of nitrogens with one attached hydrogen (secondary N) is 2. The first kappa shape index (κ1) is 11.7. The molecule has 1 amide bonds. The summed E-state index contributed by atoms with van der Waals surface area (Å²) < 4.78 is 0. The second-order valence-electron chi connectivity index (χ2n) is 3.79. The minimum absolute atomic E-state index is 0.220. The van der Waals surface area contributed by atoms with E-state index in [0.29, 0.717) is 16.4 Å². The highest BCUT2D eigenvalue weighted by Gasteiger charge is 2.11. The Hall–Kier alpha value is -1.81. The highest BCUT2D eigenvalue weighted by molar-refractivity contribution is 6.31. The predicted molar refractivity (Wildman–Crippen MR) is 67.5 cm³/mol. The van der Waals surface area contributed by atoms with E-state index in [-0.39, 0.29) is 5.91 Å². The third-order valence-electron chi connectivity index (χ3n) is 2.57. The molecule has 0 aliphatic rings. The Morgan fingerprint density at radius 3 is 2.76 bits per heavy atom. The number of aryl methyl sites for hydroxylation is 1. The van der Waals surface area contributed by atoms with Gasteiger partial charge in [-0.05, 0) is 32.0 Å². The van der Waals surface area contributed by atoms with Crippen LogP contribution in [0.4, 0.5) is 5.82 Å². The number of nitrogens with zero attached hydrogens (tertiary/aromatic N) is 1. The lowest BCUT2D eigenvalue weighted by molar-refractivity contribution is 0.102. The van der Waals surface area contributed by atoms with E-state index in [4.69, 9.17) is 11.6 Å². The quantitative estimate of drug-likeness (QED) is 0.860. The molecule has 17 heavy (non-hydrogen) atoms. The largest absolute Gasteiger partial charge is 0.305 e. The molecule has 4 nitrogen and oxygen atoms in total. The Balaban J connectivity index is 2.20. The SMILES string of the molecule is Cc1[nH]nc(NC(=O)c2cccc(Cl)c2)c1C. The fourth-order valence-electron chi connectivity index (χ4n) is 1.42. The first-order chi connectivity index (χ1) is 8.08. The molecule has 0 atom stereocenters. The summed E-state index contributed by atoms with van der Waals surface area (Å²) in [5.74, 6) is 0.328. The van der Waals surface area contributed by atoms with Crippen molar-refractivity contribution in [2.45, 2.75) is 13.8 Å². The highest BCUT2D eigenvalue weighted by atomic mass is 35.5. The number of hydrogen-bond donors (Lipinski definition) is 2. The van der Waals surface area contributed by atoms with Gasteiger partial charge < -0.3 is 5.32 Å². The van der Waals surface area contributed by atoms with E-state index in [1.807, 2.05) is 13.8 Å². The Morgan fingerprint density at radius 2 is 2.18 bits per heavy atom. The molecule has 2 rings (SSSR count). The topological polar surface area (TPSA) is 57.8 Å². The maximum Gasteiger partial charge on any atom is 0.256 e. The van der Waals surface area contributed by atoms with Crippen LogP contribution >= 0.6 is 11.6 Å². The third kappa shape index (κ3) is 2.47. The van der Waals surface area contributed by atoms with E-state index in [2.05, 4.69) is 15.5 Å². The lowest BCUT2D eigenvalue weighted by atomic mass is 10.2. The molecule has 0 bridgehead atoms. The summed E-state index contributed by atoms with van der Waals surface area (Å²) in [5.41, 5.74) is 2.38. The first-order valence-electron chi connectivity index (χ1n) is 5.16. The molecular formula is C12H12ClN3O. The van der Waals surface area contributed by atoms with Crippen LogP contribution < -0.4 is 5.32 Å². The minimum atomic E-state index is -0.220. The second kappa shape index (κ2) is 4.59. The van der Waals surface area contributed by atoms with Gasteiger partial charge in [0, 0.05) is 21.8 Å². The Morgan fingerprint density at radius 1 is 1.41 bits per heavy atom. The van der Waals surface area contributed by atoms with Crippen molar-refractivity contribution < 1.29 is 4.79 Å². The van der Waals surface area contributed by atoms with Crippen molar-refractivity contribution in [3.8, 4) is 0 Å². The Kier molecular flexibility index (Phi) is 3.15. The number of halogens is 1. The fourth-order valence-corrected chi connectivity index (χ4v) is 1.61. The number of benzene rings is 1. The van der Waals surface area contributed by atoms with Crippen molar-refractivity contribution in [3.63, 3.8) is 0 Å². The molecule has 0 fully saturated rings. The molecule has 0 radical (unpaired) electrons. The second-order valence-corrected chi connectivity index (χ2v) is 4.22. The van der Waals surface area contributed by atoms with E-state index >= 15 is 0 Å². The van der Waals surface area contributed by atoms with Crippen LogP contribution in [0.5, 0.6) is 0 Å². The molecule has 1 aromatic heterocycles. The summed E-state index contributed by atoms with van der Waals surface area (Å²) in [5, 5.41) is 10.1. The van der Waals surface area contributed by atoms with Crippen LogP contribution in [0.25, 0.3) is 0 Å². The predicted octanol–water partition coefficient (Wildman–Crippen LogP) is 2.93. The Labute approximate surface area is 104 Å². The fraction of sp³-hybridized carbons (Fsp3) is 0.167. The number of hydrogen-bond acceptors (Lipinski definition) is 2. The third-order valence-corrected chi connectivity index (χ3v) is 2.81. The number of carbonyl (C=O) groups excluding carboxylic acids is 1. The average Bonchev–Trinajstić information content (AvgIpc) is 2.61. The smallest absolute Gasteiger partial charge is 0.256 e. The summed E-state index contributed by atoms with van der Waals surface area (Å²) in [4.78, 5) is 11.9. The summed E-state index contributed by atoms with van der Waals surface area (Å²) in [7, 11) is 0. The lowest BCUT2D eigenvalue weighted by Gasteiger charge is -2.03. The normalized spacial score (nSPS) is 10.3. The maximum absolute atomic E-state index is 11.9. The van der Waals surface area contributed by atoms with Crippen LogP contribution in [-0.2, 0) is 0 Å². The molecule has 0 aliphatic heterocycles. The van der Waals surface area contributed by atoms with Crippen LogP contribution in [0.2, 0.25) is 5.02 Å². The van der Waals surface area contributed by atoms with Crippen molar-refractivity contribution in [1.82, 2.24) is 10.2 Å². The lowest BCUT2D eigenvalue weighted by Crippen LogP contribution is -2.12. The van der Waals surface area contributed by atoms with E-state index < -0.39 is 0 Å². The van der Waals surface area contributed by atoms with Crippen LogP contribution in [0.3, 0.4) is 0 Å². The molecule has 0 unspecified atom stereocenters. The van der Waals surface area contributed by atoms with Crippen LogP contribution in [0.1, 0.15) is 21.6 Å². The number of rotatable bonds is 2. The van der Waals surface area contributed by atoms with E-state index in [0.717, 1.165) is 11.3 Å². The molecule has 0 spiro atoms. The van der Waals surface area contributed by atoms with Gasteiger partial charge in [-0.1, -0.05) is 17.7 Å². The number of H-pyrrole nitrogens is 1. The van der Waals surface area contributed by atoms with Gasteiger partial charge in [-0.3, -0.25) is 9.89 Å². The number of aromatic nitrogens is 2.